The number of nitrogens with zero attached hydrogens (tertiary/aromatic N) is 1. The standard InChI is InChI=1S/C12H17ClN2O.ClH/c13-11-4-2-1-3-10(11)12(9-16)15-7-5-14-6-8-15;/h1-4,12,14,16H,5-9H2;1H/t12-;/m1./s1. The highest BCUT2D eigenvalue weighted by Gasteiger charge is 2.22. The highest BCUT2D eigenvalue weighted by molar-refractivity contribution is 6.31. The van der Waals surface area contributed by atoms with Crippen LogP contribution in [-0.4, -0.2) is 42.8 Å². The minimum atomic E-state index is 0. The Morgan fingerprint density at radius 3 is 2.53 bits per heavy atom. The Morgan fingerprint density at radius 2 is 1.94 bits per heavy atom. The average molecular weight is 277 g/mol. The second kappa shape index (κ2) is 7.19. The van der Waals surface area contributed by atoms with Gasteiger partial charge in [-0.3, -0.25) is 4.90 Å². The molecule has 1 aromatic rings. The van der Waals surface area contributed by atoms with Gasteiger partial charge in [0.1, 0.15) is 0 Å². The fraction of sp³-hybridized carbons (Fsp3) is 0.500. The van der Waals surface area contributed by atoms with Crippen LogP contribution in [0.15, 0.2) is 24.3 Å². The molecular formula is C12H18Cl2N2O. The van der Waals surface area contributed by atoms with Gasteiger partial charge in [0.2, 0.25) is 0 Å². The van der Waals surface area contributed by atoms with Crippen molar-refractivity contribution in [2.75, 3.05) is 32.8 Å². The summed E-state index contributed by atoms with van der Waals surface area (Å²) in [5.74, 6) is 0. The van der Waals surface area contributed by atoms with Crippen LogP contribution in [0.4, 0.5) is 0 Å². The molecule has 1 aliphatic heterocycles. The lowest BCUT2D eigenvalue weighted by Crippen LogP contribution is -2.46. The van der Waals surface area contributed by atoms with Gasteiger partial charge in [0.05, 0.1) is 12.6 Å². The molecule has 1 aromatic carbocycles. The molecule has 17 heavy (non-hydrogen) atoms. The van der Waals surface area contributed by atoms with Gasteiger partial charge in [0.15, 0.2) is 0 Å². The van der Waals surface area contributed by atoms with Crippen molar-refractivity contribution >= 4 is 24.0 Å². The largest absolute Gasteiger partial charge is 0.394 e. The zero-order chi connectivity index (χ0) is 11.4. The zero-order valence-electron chi connectivity index (χ0n) is 9.60. The van der Waals surface area contributed by atoms with Gasteiger partial charge >= 0.3 is 0 Å². The van der Waals surface area contributed by atoms with E-state index in [-0.39, 0.29) is 25.1 Å². The van der Waals surface area contributed by atoms with E-state index in [1.54, 1.807) is 0 Å². The number of benzene rings is 1. The molecule has 1 heterocycles. The number of halogens is 2. The Balaban J connectivity index is 0.00000144. The van der Waals surface area contributed by atoms with Crippen molar-refractivity contribution in [3.63, 3.8) is 0 Å². The lowest BCUT2D eigenvalue weighted by Gasteiger charge is -2.34. The minimum absolute atomic E-state index is 0. The molecule has 3 nitrogen and oxygen atoms in total. The summed E-state index contributed by atoms with van der Waals surface area (Å²) < 4.78 is 0. The molecule has 0 aromatic heterocycles. The fourth-order valence-corrected chi connectivity index (χ4v) is 2.41. The Labute approximate surface area is 113 Å². The lowest BCUT2D eigenvalue weighted by molar-refractivity contribution is 0.111. The molecule has 0 bridgehead atoms. The fourth-order valence-electron chi connectivity index (χ4n) is 2.15. The van der Waals surface area contributed by atoms with Crippen molar-refractivity contribution in [1.82, 2.24) is 10.2 Å². The Hall–Kier alpha value is -0.320. The summed E-state index contributed by atoms with van der Waals surface area (Å²) in [5.41, 5.74) is 1.02. The van der Waals surface area contributed by atoms with E-state index in [2.05, 4.69) is 10.2 Å². The van der Waals surface area contributed by atoms with Gasteiger partial charge in [0.25, 0.3) is 0 Å². The summed E-state index contributed by atoms with van der Waals surface area (Å²) in [7, 11) is 0. The topological polar surface area (TPSA) is 35.5 Å². The first-order valence-electron chi connectivity index (χ1n) is 5.63. The number of aliphatic hydroxyl groups excluding tert-OH is 1. The van der Waals surface area contributed by atoms with Crippen LogP contribution in [0.25, 0.3) is 0 Å². The van der Waals surface area contributed by atoms with Crippen LogP contribution >= 0.6 is 24.0 Å². The van der Waals surface area contributed by atoms with Crippen molar-refractivity contribution in [2.24, 2.45) is 0 Å². The highest BCUT2D eigenvalue weighted by Crippen LogP contribution is 2.27. The van der Waals surface area contributed by atoms with E-state index in [9.17, 15) is 5.11 Å². The van der Waals surface area contributed by atoms with Crippen molar-refractivity contribution < 1.29 is 5.11 Å². The van der Waals surface area contributed by atoms with Gasteiger partial charge < -0.3 is 10.4 Å². The highest BCUT2D eigenvalue weighted by atomic mass is 35.5. The Kier molecular flexibility index (Phi) is 6.23. The van der Waals surface area contributed by atoms with Crippen LogP contribution in [0.3, 0.4) is 0 Å². The summed E-state index contributed by atoms with van der Waals surface area (Å²) in [6.45, 7) is 3.97. The molecule has 1 atom stereocenters. The maximum absolute atomic E-state index is 9.54. The van der Waals surface area contributed by atoms with Gasteiger partial charge in [-0.1, -0.05) is 29.8 Å². The number of hydrogen-bond acceptors (Lipinski definition) is 3. The summed E-state index contributed by atoms with van der Waals surface area (Å²) in [4.78, 5) is 2.28. The van der Waals surface area contributed by atoms with Crippen LogP contribution in [0.5, 0.6) is 0 Å². The van der Waals surface area contributed by atoms with Crippen molar-refractivity contribution in [3.05, 3.63) is 34.9 Å². The van der Waals surface area contributed by atoms with Crippen LogP contribution in [-0.2, 0) is 0 Å². The SMILES string of the molecule is Cl.OC[C@H](c1ccccc1Cl)N1CCNCC1. The van der Waals surface area contributed by atoms with Gasteiger partial charge in [-0.25, -0.2) is 0 Å². The van der Waals surface area contributed by atoms with Crippen LogP contribution in [0.2, 0.25) is 5.02 Å². The molecule has 0 amide bonds. The van der Waals surface area contributed by atoms with E-state index in [0.717, 1.165) is 36.8 Å². The third kappa shape index (κ3) is 3.57. The predicted octanol–water partition coefficient (Wildman–Crippen LogP) is 1.70. The van der Waals surface area contributed by atoms with E-state index < -0.39 is 0 Å². The van der Waals surface area contributed by atoms with E-state index in [1.165, 1.54) is 0 Å². The van der Waals surface area contributed by atoms with Crippen molar-refractivity contribution in [3.8, 4) is 0 Å². The molecule has 0 saturated carbocycles. The second-order valence-corrected chi connectivity index (χ2v) is 4.41. The average Bonchev–Trinajstić information content (AvgIpc) is 2.34. The van der Waals surface area contributed by atoms with Crippen LogP contribution in [0, 0.1) is 0 Å². The normalized spacial score (nSPS) is 18.5. The van der Waals surface area contributed by atoms with E-state index >= 15 is 0 Å². The van der Waals surface area contributed by atoms with Crippen molar-refractivity contribution in [2.45, 2.75) is 6.04 Å². The molecule has 96 valence electrons. The minimum Gasteiger partial charge on any atom is -0.394 e. The third-order valence-corrected chi connectivity index (χ3v) is 3.37. The van der Waals surface area contributed by atoms with E-state index in [4.69, 9.17) is 11.6 Å². The maximum atomic E-state index is 9.54. The first kappa shape index (κ1) is 14.7. The predicted molar refractivity (Wildman–Crippen MR) is 73.0 cm³/mol. The first-order valence-corrected chi connectivity index (χ1v) is 6.01. The molecule has 0 aliphatic carbocycles. The number of piperazine rings is 1. The third-order valence-electron chi connectivity index (χ3n) is 3.03. The second-order valence-electron chi connectivity index (χ2n) is 4.01. The van der Waals surface area contributed by atoms with Crippen molar-refractivity contribution in [1.29, 1.82) is 0 Å². The van der Waals surface area contributed by atoms with Gasteiger partial charge in [0, 0.05) is 31.2 Å². The van der Waals surface area contributed by atoms with E-state index in [1.807, 2.05) is 24.3 Å². The number of rotatable bonds is 3. The smallest absolute Gasteiger partial charge is 0.0629 e. The number of aliphatic hydroxyl groups is 1. The Bertz CT molecular complexity index is 343. The Morgan fingerprint density at radius 1 is 1.29 bits per heavy atom. The summed E-state index contributed by atoms with van der Waals surface area (Å²) in [6.07, 6.45) is 0. The molecule has 2 N–H and O–H groups in total. The molecule has 0 radical (unpaired) electrons. The van der Waals surface area contributed by atoms with Crippen LogP contribution < -0.4 is 5.32 Å². The monoisotopic (exact) mass is 276 g/mol. The molecule has 1 saturated heterocycles. The first-order chi connectivity index (χ1) is 7.83. The van der Waals surface area contributed by atoms with Crippen LogP contribution in [0.1, 0.15) is 11.6 Å². The summed E-state index contributed by atoms with van der Waals surface area (Å²) in [6, 6.07) is 7.77. The summed E-state index contributed by atoms with van der Waals surface area (Å²) in [5, 5.41) is 13.6. The quantitative estimate of drug-likeness (QED) is 0.882. The number of hydrogen-bond donors (Lipinski definition) is 2. The maximum Gasteiger partial charge on any atom is 0.0629 e. The molecule has 1 aliphatic rings. The number of nitrogens with one attached hydrogen (secondary N) is 1. The molecule has 5 heteroatoms. The molecule has 1 fully saturated rings. The molecule has 0 spiro atoms. The lowest BCUT2D eigenvalue weighted by atomic mass is 10.1. The molecular weight excluding hydrogens is 259 g/mol. The van der Waals surface area contributed by atoms with Gasteiger partial charge in [-0.05, 0) is 11.6 Å². The van der Waals surface area contributed by atoms with Gasteiger partial charge in [-0.15, -0.1) is 12.4 Å². The molecule has 2 rings (SSSR count). The summed E-state index contributed by atoms with van der Waals surface area (Å²) >= 11 is 6.16. The molecule has 0 unspecified atom stereocenters. The zero-order valence-corrected chi connectivity index (χ0v) is 11.2. The van der Waals surface area contributed by atoms with Gasteiger partial charge in [-0.2, -0.15) is 0 Å². The van der Waals surface area contributed by atoms with E-state index in [0.29, 0.717) is 0 Å².